The van der Waals surface area contributed by atoms with Gasteiger partial charge < -0.3 is 14.3 Å². The number of carbonyl (C=O) groups excluding carboxylic acids is 2. The minimum absolute atomic E-state index is 0.119. The highest BCUT2D eigenvalue weighted by molar-refractivity contribution is 8.78. The molecule has 6 rings (SSSR count). The fourth-order valence-electron chi connectivity index (χ4n) is 5.29. The summed E-state index contributed by atoms with van der Waals surface area (Å²) in [5, 5.41) is 0. The van der Waals surface area contributed by atoms with Crippen LogP contribution in [-0.4, -0.2) is 33.4 Å². The molecule has 1 spiro atoms. The van der Waals surface area contributed by atoms with E-state index in [4.69, 9.17) is 16.0 Å². The second-order valence-corrected chi connectivity index (χ2v) is 11.2. The maximum atomic E-state index is 13.6. The van der Waals surface area contributed by atoms with Crippen LogP contribution in [0.5, 0.6) is 11.5 Å². The van der Waals surface area contributed by atoms with E-state index in [1.54, 1.807) is 0 Å². The summed E-state index contributed by atoms with van der Waals surface area (Å²) in [5.74, 6) is 0.442. The smallest absolute Gasteiger partial charge is 0.239 e. The molecule has 4 fully saturated rings. The summed E-state index contributed by atoms with van der Waals surface area (Å²) < 4.78 is 9.39. The zero-order chi connectivity index (χ0) is 19.2. The van der Waals surface area contributed by atoms with Gasteiger partial charge in [0, 0.05) is 19.3 Å². The Morgan fingerprint density at radius 1 is 1.11 bits per heavy atom. The third kappa shape index (κ3) is 1.93. The van der Waals surface area contributed by atoms with Crippen molar-refractivity contribution in [2.75, 3.05) is 6.79 Å². The first kappa shape index (κ1) is 17.4. The molecule has 3 heterocycles. The summed E-state index contributed by atoms with van der Waals surface area (Å²) in [7, 11) is 3.06. The van der Waals surface area contributed by atoms with Gasteiger partial charge in [-0.1, -0.05) is 34.6 Å². The van der Waals surface area contributed by atoms with Crippen molar-refractivity contribution >= 4 is 33.2 Å². The Morgan fingerprint density at radius 2 is 1.85 bits per heavy atom. The lowest BCUT2D eigenvalue weighted by Gasteiger charge is -2.53. The van der Waals surface area contributed by atoms with E-state index in [2.05, 4.69) is 4.85 Å². The number of hydrogen-bond acceptors (Lipinski definition) is 6. The Bertz CT molecular complexity index is 942. The van der Waals surface area contributed by atoms with Gasteiger partial charge in [-0.25, -0.2) is 6.57 Å². The molecule has 5 nitrogen and oxygen atoms in total. The van der Waals surface area contributed by atoms with Crippen molar-refractivity contribution < 1.29 is 19.1 Å². The predicted molar refractivity (Wildman–Crippen MR) is 104 cm³/mol. The van der Waals surface area contributed by atoms with E-state index in [1.807, 2.05) is 39.0 Å². The maximum absolute atomic E-state index is 13.6. The van der Waals surface area contributed by atoms with Crippen LogP contribution in [0.4, 0.5) is 0 Å². The lowest BCUT2D eigenvalue weighted by Crippen LogP contribution is -2.65. The summed E-state index contributed by atoms with van der Waals surface area (Å²) in [6.45, 7) is 13.8. The van der Waals surface area contributed by atoms with Crippen molar-refractivity contribution in [2.24, 2.45) is 11.8 Å². The molecule has 7 heteroatoms. The zero-order valence-corrected chi connectivity index (χ0v) is 16.9. The summed E-state index contributed by atoms with van der Waals surface area (Å²) in [4.78, 5) is 31.0. The third-order valence-electron chi connectivity index (χ3n) is 6.91. The van der Waals surface area contributed by atoms with Crippen LogP contribution in [0.3, 0.4) is 0 Å². The number of carbonyl (C=O) groups is 2. The first-order valence-electron chi connectivity index (χ1n) is 9.00. The Morgan fingerprint density at radius 3 is 2.59 bits per heavy atom. The van der Waals surface area contributed by atoms with Gasteiger partial charge in [-0.2, -0.15) is 0 Å². The molecule has 6 atom stereocenters. The third-order valence-corrected chi connectivity index (χ3v) is 11.0. The van der Waals surface area contributed by atoms with Gasteiger partial charge in [-0.05, 0) is 24.6 Å². The average molecular weight is 402 g/mol. The molecular formula is C20H19NO4S2. The molecule has 2 saturated carbocycles. The van der Waals surface area contributed by atoms with Crippen LogP contribution < -0.4 is 9.47 Å². The van der Waals surface area contributed by atoms with Crippen molar-refractivity contribution in [2.45, 2.75) is 48.1 Å². The van der Waals surface area contributed by atoms with Crippen LogP contribution in [0.1, 0.15) is 38.7 Å². The molecule has 0 radical (unpaired) electrons. The molecule has 5 aliphatic rings. The number of rotatable bonds is 1. The second-order valence-electron chi connectivity index (χ2n) is 8.33. The molecule has 140 valence electrons. The number of hydrogen-bond donors (Lipinski definition) is 0. The van der Waals surface area contributed by atoms with Crippen molar-refractivity contribution in [1.82, 2.24) is 0 Å². The molecular weight excluding hydrogens is 382 g/mol. The molecule has 2 aliphatic carbocycles. The molecule has 3 aliphatic heterocycles. The molecule has 2 bridgehead atoms. The topological polar surface area (TPSA) is 57.0 Å². The standard InChI is InChI=1S/C20H19NO4S2/c1-10-16(22)20-8-18(2,21-4)14(15(20)17(23)19(10,3)26-27-20)11-5-6-12-13(7-11)25-9-24-12/h5-7,10,14-15H,8-9H2,1-3H3/t10?,14-,15?,18+,19?,20-/m0/s1. The number of ketones is 2. The van der Waals surface area contributed by atoms with Gasteiger partial charge in [0.1, 0.15) is 4.75 Å². The molecule has 3 unspecified atom stereocenters. The highest BCUT2D eigenvalue weighted by atomic mass is 33.1. The predicted octanol–water partition coefficient (Wildman–Crippen LogP) is 3.88. The monoisotopic (exact) mass is 401 g/mol. The Kier molecular flexibility index (Phi) is 3.38. The van der Waals surface area contributed by atoms with Crippen molar-refractivity contribution in [3.63, 3.8) is 0 Å². The van der Waals surface area contributed by atoms with E-state index < -0.39 is 21.0 Å². The number of nitrogens with zero attached hydrogens (tertiary/aromatic N) is 1. The summed E-state index contributed by atoms with van der Waals surface area (Å²) in [6, 6.07) is 5.65. The molecule has 1 aromatic carbocycles. The fraction of sp³-hybridized carbons (Fsp3) is 0.550. The van der Waals surface area contributed by atoms with Gasteiger partial charge in [0.25, 0.3) is 0 Å². The minimum atomic E-state index is -0.813. The normalized spacial score (nSPS) is 44.3. The zero-order valence-electron chi connectivity index (χ0n) is 15.3. The van der Waals surface area contributed by atoms with Crippen LogP contribution in [0, 0.1) is 18.4 Å². The van der Waals surface area contributed by atoms with E-state index >= 15 is 0 Å². The SMILES string of the molecule is [C-]#[N+][C@]1(C)C[C@]23SSC(C)(C(=O)C2[C@@H]1c1ccc2c(c1)OCO2)C(C)C3=O. The average Bonchev–Trinajstić information content (AvgIpc) is 3.23. The van der Waals surface area contributed by atoms with E-state index in [0.717, 1.165) is 5.56 Å². The first-order valence-corrected chi connectivity index (χ1v) is 11.2. The molecule has 1 aromatic rings. The van der Waals surface area contributed by atoms with Crippen molar-refractivity contribution in [3.05, 3.63) is 35.2 Å². The van der Waals surface area contributed by atoms with E-state index in [9.17, 15) is 9.59 Å². The number of Topliss-reactive ketones (excluding diaryl/α,β-unsaturated/α-hetero) is 2. The van der Waals surface area contributed by atoms with Crippen molar-refractivity contribution in [3.8, 4) is 11.5 Å². The highest BCUT2D eigenvalue weighted by Gasteiger charge is 2.78. The second kappa shape index (κ2) is 5.24. The lowest BCUT2D eigenvalue weighted by molar-refractivity contribution is -0.141. The van der Waals surface area contributed by atoms with E-state index in [0.29, 0.717) is 17.9 Å². The largest absolute Gasteiger partial charge is 0.454 e. The van der Waals surface area contributed by atoms with Crippen LogP contribution in [0.2, 0.25) is 0 Å². The Hall–Kier alpha value is -1.65. The van der Waals surface area contributed by atoms with Crippen LogP contribution in [0.25, 0.3) is 4.85 Å². The first-order chi connectivity index (χ1) is 12.8. The van der Waals surface area contributed by atoms with Gasteiger partial charge in [-0.3, -0.25) is 9.59 Å². The van der Waals surface area contributed by atoms with Gasteiger partial charge >= 0.3 is 0 Å². The van der Waals surface area contributed by atoms with Gasteiger partial charge in [0.15, 0.2) is 23.1 Å². The number of fused-ring (bicyclic) bond motifs is 3. The molecule has 0 aromatic heterocycles. The lowest BCUT2D eigenvalue weighted by atomic mass is 9.64. The Labute approximate surface area is 165 Å². The Balaban J connectivity index is 1.71. The van der Waals surface area contributed by atoms with E-state index in [-0.39, 0.29) is 30.2 Å². The van der Waals surface area contributed by atoms with Crippen LogP contribution >= 0.6 is 21.6 Å². The molecule has 0 N–H and O–H groups in total. The molecule has 2 saturated heterocycles. The van der Waals surface area contributed by atoms with Gasteiger partial charge in [0.2, 0.25) is 12.3 Å². The van der Waals surface area contributed by atoms with Gasteiger partial charge in [-0.15, -0.1) is 0 Å². The molecule has 0 amide bonds. The van der Waals surface area contributed by atoms with Gasteiger partial charge in [0.05, 0.1) is 16.6 Å². The summed E-state index contributed by atoms with van der Waals surface area (Å²) >= 11 is 0. The molecule has 27 heavy (non-hydrogen) atoms. The van der Waals surface area contributed by atoms with E-state index in [1.165, 1.54) is 21.6 Å². The highest BCUT2D eigenvalue weighted by Crippen LogP contribution is 2.72. The number of benzene rings is 1. The fourth-order valence-corrected chi connectivity index (χ4v) is 9.40. The summed E-state index contributed by atoms with van der Waals surface area (Å²) in [6.07, 6.45) is 0.413. The quantitative estimate of drug-likeness (QED) is 0.526. The van der Waals surface area contributed by atoms with Crippen molar-refractivity contribution in [1.29, 1.82) is 0 Å². The van der Waals surface area contributed by atoms with Crippen LogP contribution in [0.15, 0.2) is 18.2 Å². The summed E-state index contributed by atoms with van der Waals surface area (Å²) in [5.41, 5.74) is 0.0715. The minimum Gasteiger partial charge on any atom is -0.454 e. The maximum Gasteiger partial charge on any atom is 0.239 e. The number of ether oxygens (including phenoxy) is 2. The van der Waals surface area contributed by atoms with Crippen LogP contribution in [-0.2, 0) is 9.59 Å².